The zero-order chi connectivity index (χ0) is 13.8. The lowest BCUT2D eigenvalue weighted by atomic mass is 10.1. The number of amidine groups is 1. The van der Waals surface area contributed by atoms with Crippen LogP contribution in [-0.2, 0) is 9.53 Å². The van der Waals surface area contributed by atoms with Crippen LogP contribution in [-0.4, -0.2) is 60.2 Å². The van der Waals surface area contributed by atoms with Crippen molar-refractivity contribution in [3.05, 3.63) is 0 Å². The summed E-state index contributed by atoms with van der Waals surface area (Å²) in [5, 5.41) is 14.2. The number of carbonyl (C=O) groups excluding carboxylic acids is 1. The lowest BCUT2D eigenvalue weighted by molar-refractivity contribution is -0.124. The Morgan fingerprint density at radius 2 is 2.47 bits per heavy atom. The normalized spacial score (nSPS) is 29.8. The van der Waals surface area contributed by atoms with Gasteiger partial charge in [0, 0.05) is 19.1 Å². The Hall–Kier alpha value is -1.34. The van der Waals surface area contributed by atoms with Gasteiger partial charge in [0.15, 0.2) is 5.84 Å². The molecule has 0 bridgehead atoms. The summed E-state index contributed by atoms with van der Waals surface area (Å²) in [5.41, 5.74) is 5.40. The third kappa shape index (κ3) is 3.36. The summed E-state index contributed by atoms with van der Waals surface area (Å²) in [4.78, 5) is 14.2. The quantitative estimate of drug-likeness (QED) is 0.273. The first-order valence-corrected chi connectivity index (χ1v) is 6.72. The molecule has 2 aliphatic heterocycles. The van der Waals surface area contributed by atoms with Crippen LogP contribution in [0.2, 0.25) is 0 Å². The SMILES string of the molecule is CC(C(=O)NCC1CN2CCCC2CO1)C(N)=NO. The Morgan fingerprint density at radius 1 is 1.68 bits per heavy atom. The number of fused-ring (bicyclic) bond motifs is 1. The van der Waals surface area contributed by atoms with Gasteiger partial charge in [-0.25, -0.2) is 0 Å². The number of nitrogens with one attached hydrogen (secondary N) is 1. The lowest BCUT2D eigenvalue weighted by Crippen LogP contribution is -2.51. The smallest absolute Gasteiger partial charge is 0.230 e. The van der Waals surface area contributed by atoms with E-state index in [1.807, 2.05) is 0 Å². The summed E-state index contributed by atoms with van der Waals surface area (Å²) in [5.74, 6) is -0.961. The predicted molar refractivity (Wildman–Crippen MR) is 69.9 cm³/mol. The Bertz CT molecular complexity index is 361. The molecule has 0 aliphatic carbocycles. The molecule has 0 radical (unpaired) electrons. The van der Waals surface area contributed by atoms with Gasteiger partial charge >= 0.3 is 0 Å². The van der Waals surface area contributed by atoms with E-state index < -0.39 is 5.92 Å². The molecule has 0 saturated carbocycles. The number of nitrogens with zero attached hydrogens (tertiary/aromatic N) is 2. The second kappa shape index (κ2) is 6.21. The van der Waals surface area contributed by atoms with Crippen molar-refractivity contribution >= 4 is 11.7 Å². The molecule has 0 spiro atoms. The van der Waals surface area contributed by atoms with Crippen LogP contribution >= 0.6 is 0 Å². The van der Waals surface area contributed by atoms with E-state index in [4.69, 9.17) is 15.7 Å². The molecule has 2 aliphatic rings. The van der Waals surface area contributed by atoms with Crippen molar-refractivity contribution in [2.24, 2.45) is 16.8 Å². The van der Waals surface area contributed by atoms with Gasteiger partial charge in [-0.15, -0.1) is 0 Å². The number of amides is 1. The van der Waals surface area contributed by atoms with Gasteiger partial charge in [-0.3, -0.25) is 9.69 Å². The molecule has 1 amide bonds. The molecule has 7 heteroatoms. The topological polar surface area (TPSA) is 100 Å². The minimum Gasteiger partial charge on any atom is -0.409 e. The number of nitrogens with two attached hydrogens (primary N) is 1. The highest BCUT2D eigenvalue weighted by atomic mass is 16.5. The number of hydrogen-bond donors (Lipinski definition) is 3. The Kier molecular flexibility index (Phi) is 4.60. The molecule has 108 valence electrons. The number of morpholine rings is 1. The van der Waals surface area contributed by atoms with E-state index in [2.05, 4.69) is 15.4 Å². The van der Waals surface area contributed by atoms with E-state index in [1.54, 1.807) is 6.92 Å². The van der Waals surface area contributed by atoms with Crippen LogP contribution in [0.4, 0.5) is 0 Å². The van der Waals surface area contributed by atoms with Gasteiger partial charge in [0.05, 0.1) is 18.6 Å². The average Bonchev–Trinajstić information content (AvgIpc) is 2.90. The monoisotopic (exact) mass is 270 g/mol. The third-order valence-electron chi connectivity index (χ3n) is 3.92. The molecule has 3 unspecified atom stereocenters. The summed E-state index contributed by atoms with van der Waals surface area (Å²) in [7, 11) is 0. The second-order valence-electron chi connectivity index (χ2n) is 5.24. The minimum absolute atomic E-state index is 0.0257. The van der Waals surface area contributed by atoms with Gasteiger partial charge in [0.1, 0.15) is 0 Å². The van der Waals surface area contributed by atoms with Crippen LogP contribution in [0.1, 0.15) is 19.8 Å². The summed E-state index contributed by atoms with van der Waals surface area (Å²) < 4.78 is 5.74. The fourth-order valence-electron chi connectivity index (χ4n) is 2.60. The summed E-state index contributed by atoms with van der Waals surface area (Å²) in [6.45, 7) is 4.80. The van der Waals surface area contributed by atoms with E-state index in [0.717, 1.165) is 19.7 Å². The molecule has 2 rings (SSSR count). The van der Waals surface area contributed by atoms with Crippen molar-refractivity contribution < 1.29 is 14.7 Å². The van der Waals surface area contributed by atoms with E-state index in [9.17, 15) is 4.79 Å². The van der Waals surface area contributed by atoms with Crippen molar-refractivity contribution in [2.75, 3.05) is 26.2 Å². The maximum Gasteiger partial charge on any atom is 0.230 e. The molecular weight excluding hydrogens is 248 g/mol. The minimum atomic E-state index is -0.631. The highest BCUT2D eigenvalue weighted by molar-refractivity contribution is 6.01. The first kappa shape index (κ1) is 14.1. The largest absolute Gasteiger partial charge is 0.409 e. The Morgan fingerprint density at radius 3 is 3.21 bits per heavy atom. The lowest BCUT2D eigenvalue weighted by Gasteiger charge is -2.35. The zero-order valence-corrected chi connectivity index (χ0v) is 11.2. The van der Waals surface area contributed by atoms with E-state index >= 15 is 0 Å². The number of ether oxygens (including phenoxy) is 1. The number of rotatable bonds is 4. The molecule has 0 aromatic heterocycles. The van der Waals surface area contributed by atoms with Gasteiger partial charge in [-0.1, -0.05) is 5.16 Å². The van der Waals surface area contributed by atoms with E-state index in [-0.39, 0.29) is 17.8 Å². The molecule has 0 aromatic carbocycles. The van der Waals surface area contributed by atoms with Gasteiger partial charge < -0.3 is 21.0 Å². The highest BCUT2D eigenvalue weighted by Gasteiger charge is 2.32. The Labute approximate surface area is 112 Å². The average molecular weight is 270 g/mol. The molecular formula is C12H22N4O3. The molecule has 0 aromatic rings. The van der Waals surface area contributed by atoms with Gasteiger partial charge in [-0.2, -0.15) is 0 Å². The molecule has 2 saturated heterocycles. The van der Waals surface area contributed by atoms with Crippen LogP contribution in [0.5, 0.6) is 0 Å². The summed E-state index contributed by atoms with van der Waals surface area (Å²) >= 11 is 0. The third-order valence-corrected chi connectivity index (χ3v) is 3.92. The van der Waals surface area contributed by atoms with E-state index in [1.165, 1.54) is 12.8 Å². The van der Waals surface area contributed by atoms with Gasteiger partial charge in [-0.05, 0) is 26.3 Å². The van der Waals surface area contributed by atoms with Gasteiger partial charge in [0.25, 0.3) is 0 Å². The number of oxime groups is 1. The van der Waals surface area contributed by atoms with Crippen molar-refractivity contribution in [1.29, 1.82) is 0 Å². The molecule has 2 fully saturated rings. The van der Waals surface area contributed by atoms with Crippen LogP contribution in [0.25, 0.3) is 0 Å². The predicted octanol–water partition coefficient (Wildman–Crippen LogP) is -0.652. The Balaban J connectivity index is 1.75. The number of carbonyl (C=O) groups is 1. The summed E-state index contributed by atoms with van der Waals surface area (Å²) in [6, 6.07) is 0.558. The maximum absolute atomic E-state index is 11.8. The van der Waals surface area contributed by atoms with Crippen molar-refractivity contribution in [1.82, 2.24) is 10.2 Å². The van der Waals surface area contributed by atoms with Crippen molar-refractivity contribution in [3.8, 4) is 0 Å². The van der Waals surface area contributed by atoms with Crippen LogP contribution in [0.15, 0.2) is 5.16 Å². The molecule has 2 heterocycles. The maximum atomic E-state index is 11.8. The van der Waals surface area contributed by atoms with E-state index in [0.29, 0.717) is 12.6 Å². The fraction of sp³-hybridized carbons (Fsp3) is 0.833. The van der Waals surface area contributed by atoms with Crippen LogP contribution in [0.3, 0.4) is 0 Å². The highest BCUT2D eigenvalue weighted by Crippen LogP contribution is 2.22. The van der Waals surface area contributed by atoms with Crippen molar-refractivity contribution in [2.45, 2.75) is 31.9 Å². The van der Waals surface area contributed by atoms with Crippen molar-refractivity contribution in [3.63, 3.8) is 0 Å². The first-order chi connectivity index (χ1) is 9.11. The molecule has 4 N–H and O–H groups in total. The second-order valence-corrected chi connectivity index (χ2v) is 5.24. The first-order valence-electron chi connectivity index (χ1n) is 6.72. The fourth-order valence-corrected chi connectivity index (χ4v) is 2.60. The molecule has 7 nitrogen and oxygen atoms in total. The standard InChI is InChI=1S/C12H22N4O3/c1-8(11(13)15-18)12(17)14-5-10-6-16-4-2-3-9(16)7-19-10/h8-10,18H,2-7H2,1H3,(H2,13,15)(H,14,17). The molecule has 3 atom stereocenters. The van der Waals surface area contributed by atoms with Crippen LogP contribution < -0.4 is 11.1 Å². The summed E-state index contributed by atoms with van der Waals surface area (Å²) in [6.07, 6.45) is 2.46. The number of hydrogen-bond acceptors (Lipinski definition) is 5. The molecule has 19 heavy (non-hydrogen) atoms. The van der Waals surface area contributed by atoms with Gasteiger partial charge in [0.2, 0.25) is 5.91 Å². The zero-order valence-electron chi connectivity index (χ0n) is 11.2. The van der Waals surface area contributed by atoms with Crippen LogP contribution in [0, 0.1) is 5.92 Å².